The molecule has 0 spiro atoms. The van der Waals surface area contributed by atoms with E-state index in [2.05, 4.69) is 29.1 Å². The maximum atomic E-state index is 12.3. The smallest absolute Gasteiger partial charge is 0.326 e. The number of carboxylic acid groups (broad SMARTS) is 1. The van der Waals surface area contributed by atoms with E-state index in [1.54, 1.807) is 0 Å². The molecule has 0 aromatic carbocycles. The molecule has 1 aromatic rings. The van der Waals surface area contributed by atoms with Gasteiger partial charge in [0.2, 0.25) is 0 Å². The van der Waals surface area contributed by atoms with Crippen molar-refractivity contribution in [1.82, 2.24) is 20.2 Å². The van der Waals surface area contributed by atoms with Crippen LogP contribution in [0.5, 0.6) is 0 Å². The predicted octanol–water partition coefficient (Wildman–Crippen LogP) is 0.729. The third kappa shape index (κ3) is 2.13. The number of carboxylic acids is 1. The van der Waals surface area contributed by atoms with Crippen molar-refractivity contribution < 1.29 is 14.7 Å². The number of amides is 2. The van der Waals surface area contributed by atoms with Crippen LogP contribution in [0.25, 0.3) is 0 Å². The second kappa shape index (κ2) is 4.22. The monoisotopic (exact) mass is 278 g/mol. The molecule has 7 nitrogen and oxygen atoms in total. The highest BCUT2D eigenvalue weighted by Crippen LogP contribution is 2.44. The van der Waals surface area contributed by atoms with Crippen LogP contribution in [-0.4, -0.2) is 44.1 Å². The average molecular weight is 278 g/mol. The zero-order chi connectivity index (χ0) is 14.5. The van der Waals surface area contributed by atoms with Gasteiger partial charge in [0, 0.05) is 12.5 Å². The van der Waals surface area contributed by atoms with E-state index in [0.29, 0.717) is 0 Å². The number of rotatable bonds is 2. The van der Waals surface area contributed by atoms with Gasteiger partial charge in [0.1, 0.15) is 6.04 Å². The molecule has 0 radical (unpaired) electrons. The molecule has 2 unspecified atom stereocenters. The Labute approximate surface area is 116 Å². The Morgan fingerprint density at radius 1 is 1.55 bits per heavy atom. The molecule has 2 heterocycles. The van der Waals surface area contributed by atoms with E-state index in [1.165, 1.54) is 11.2 Å². The highest BCUT2D eigenvalue weighted by atomic mass is 16.4. The van der Waals surface area contributed by atoms with Crippen molar-refractivity contribution in [2.45, 2.75) is 45.3 Å². The number of carbonyl (C=O) groups is 2. The highest BCUT2D eigenvalue weighted by molar-refractivity contribution is 5.83. The van der Waals surface area contributed by atoms with E-state index in [0.717, 1.165) is 17.8 Å². The van der Waals surface area contributed by atoms with Gasteiger partial charge in [-0.05, 0) is 11.8 Å². The van der Waals surface area contributed by atoms with Gasteiger partial charge < -0.3 is 20.3 Å². The summed E-state index contributed by atoms with van der Waals surface area (Å²) in [5.41, 5.74) is 1.66. The van der Waals surface area contributed by atoms with E-state index >= 15 is 0 Å². The molecule has 20 heavy (non-hydrogen) atoms. The summed E-state index contributed by atoms with van der Waals surface area (Å²) < 4.78 is 0. The largest absolute Gasteiger partial charge is 0.480 e. The first-order valence-corrected chi connectivity index (χ1v) is 6.69. The quantitative estimate of drug-likeness (QED) is 0.742. The molecular formula is C13H18N4O3. The molecule has 108 valence electrons. The normalized spacial score (nSPS) is 26.8. The maximum Gasteiger partial charge on any atom is 0.326 e. The fourth-order valence-electron chi connectivity index (χ4n) is 2.62. The molecule has 2 aliphatic rings. The number of urea groups is 1. The summed E-state index contributed by atoms with van der Waals surface area (Å²) in [6.45, 7) is 4.41. The van der Waals surface area contributed by atoms with Crippen LogP contribution in [0.3, 0.4) is 0 Å². The van der Waals surface area contributed by atoms with E-state index in [1.807, 2.05) is 0 Å². The Hall–Kier alpha value is -2.05. The highest BCUT2D eigenvalue weighted by Gasteiger charge is 2.48. The van der Waals surface area contributed by atoms with Gasteiger partial charge in [-0.15, -0.1) is 0 Å². The second-order valence-electron chi connectivity index (χ2n) is 6.21. The van der Waals surface area contributed by atoms with Gasteiger partial charge in [-0.25, -0.2) is 14.6 Å². The summed E-state index contributed by atoms with van der Waals surface area (Å²) in [5.74, 6) is -0.996. The fraction of sp³-hybridized carbons (Fsp3) is 0.615. The molecule has 2 amide bonds. The molecule has 3 rings (SSSR count). The Morgan fingerprint density at radius 2 is 2.25 bits per heavy atom. The minimum absolute atomic E-state index is 0.114. The number of hydrogen-bond donors (Lipinski definition) is 3. The van der Waals surface area contributed by atoms with Crippen LogP contribution < -0.4 is 5.32 Å². The minimum atomic E-state index is -0.996. The molecule has 1 fully saturated rings. The summed E-state index contributed by atoms with van der Waals surface area (Å²) >= 11 is 0. The van der Waals surface area contributed by atoms with Crippen LogP contribution in [0.1, 0.15) is 31.7 Å². The summed E-state index contributed by atoms with van der Waals surface area (Å²) in [5, 5.41) is 12.2. The molecule has 1 aliphatic heterocycles. The Balaban J connectivity index is 1.76. The van der Waals surface area contributed by atoms with Crippen molar-refractivity contribution in [3.8, 4) is 0 Å². The number of aliphatic carboxylic acids is 1. The molecule has 2 atom stereocenters. The number of carbonyl (C=O) groups excluding carboxylic acids is 1. The lowest BCUT2D eigenvalue weighted by Crippen LogP contribution is -2.53. The van der Waals surface area contributed by atoms with E-state index < -0.39 is 12.0 Å². The Bertz CT molecular complexity index is 566. The van der Waals surface area contributed by atoms with Crippen molar-refractivity contribution in [2.75, 3.05) is 0 Å². The van der Waals surface area contributed by atoms with Gasteiger partial charge >= 0.3 is 12.0 Å². The number of fused-ring (bicyclic) bond motifs is 1. The van der Waals surface area contributed by atoms with Crippen LogP contribution in [0, 0.1) is 5.41 Å². The number of aromatic amines is 1. The average Bonchev–Trinajstić information content (AvgIpc) is 2.79. The van der Waals surface area contributed by atoms with Crippen LogP contribution in [0.2, 0.25) is 0 Å². The van der Waals surface area contributed by atoms with Crippen molar-refractivity contribution in [2.24, 2.45) is 5.41 Å². The first-order valence-electron chi connectivity index (χ1n) is 6.69. The molecule has 7 heteroatoms. The van der Waals surface area contributed by atoms with E-state index in [9.17, 15) is 14.7 Å². The van der Waals surface area contributed by atoms with Gasteiger partial charge in [-0.2, -0.15) is 0 Å². The first-order chi connectivity index (χ1) is 9.38. The number of H-pyrrole nitrogens is 1. The van der Waals surface area contributed by atoms with Crippen molar-refractivity contribution >= 4 is 12.0 Å². The van der Waals surface area contributed by atoms with Crippen molar-refractivity contribution in [3.05, 3.63) is 17.7 Å². The molecule has 1 aromatic heterocycles. The fourth-order valence-corrected chi connectivity index (χ4v) is 2.62. The molecule has 1 saturated carbocycles. The SMILES string of the molecule is CC1(C)CC1NC(=O)N1Cc2[nH]cnc2CC1C(=O)O. The number of nitrogens with one attached hydrogen (secondary N) is 2. The van der Waals surface area contributed by atoms with Gasteiger partial charge in [-0.1, -0.05) is 13.8 Å². The first kappa shape index (κ1) is 13.0. The number of hydrogen-bond acceptors (Lipinski definition) is 3. The molecule has 1 aliphatic carbocycles. The lowest BCUT2D eigenvalue weighted by atomic mass is 10.0. The van der Waals surface area contributed by atoms with Crippen LogP contribution in [0.15, 0.2) is 6.33 Å². The number of imidazole rings is 1. The zero-order valence-corrected chi connectivity index (χ0v) is 11.5. The van der Waals surface area contributed by atoms with Crippen LogP contribution in [-0.2, 0) is 17.8 Å². The van der Waals surface area contributed by atoms with Gasteiger partial charge in [0.25, 0.3) is 0 Å². The Kier molecular flexibility index (Phi) is 2.74. The summed E-state index contributed by atoms with van der Waals surface area (Å²) in [6, 6.07) is -1.03. The van der Waals surface area contributed by atoms with Crippen LogP contribution in [0.4, 0.5) is 4.79 Å². The summed E-state index contributed by atoms with van der Waals surface area (Å²) in [7, 11) is 0. The molecular weight excluding hydrogens is 260 g/mol. The van der Waals surface area contributed by atoms with E-state index in [-0.39, 0.29) is 30.5 Å². The van der Waals surface area contributed by atoms with Crippen molar-refractivity contribution in [3.63, 3.8) is 0 Å². The van der Waals surface area contributed by atoms with Crippen molar-refractivity contribution in [1.29, 1.82) is 0 Å². The lowest BCUT2D eigenvalue weighted by Gasteiger charge is -2.32. The third-order valence-electron chi connectivity index (χ3n) is 4.26. The number of nitrogens with zero attached hydrogens (tertiary/aromatic N) is 2. The number of aromatic nitrogens is 2. The van der Waals surface area contributed by atoms with Gasteiger partial charge in [-0.3, -0.25) is 0 Å². The van der Waals surface area contributed by atoms with Gasteiger partial charge in [0.05, 0.1) is 24.3 Å². The topological polar surface area (TPSA) is 98.3 Å². The standard InChI is InChI=1S/C13H18N4O3/c1-13(2)4-10(13)16-12(20)17-5-8-7(14-6-15-8)3-9(17)11(18)19/h6,9-10H,3-5H2,1-2H3,(H,14,15)(H,16,20)(H,18,19). The predicted molar refractivity (Wildman–Crippen MR) is 70.0 cm³/mol. The summed E-state index contributed by atoms with van der Waals surface area (Å²) in [6.07, 6.45) is 2.71. The summed E-state index contributed by atoms with van der Waals surface area (Å²) in [4.78, 5) is 32.1. The third-order valence-corrected chi connectivity index (χ3v) is 4.26. The zero-order valence-electron chi connectivity index (χ0n) is 11.5. The lowest BCUT2D eigenvalue weighted by molar-refractivity contribution is -0.142. The Morgan fingerprint density at radius 3 is 2.85 bits per heavy atom. The van der Waals surface area contributed by atoms with Gasteiger partial charge in [0.15, 0.2) is 0 Å². The minimum Gasteiger partial charge on any atom is -0.480 e. The van der Waals surface area contributed by atoms with Crippen LogP contribution >= 0.6 is 0 Å². The maximum absolute atomic E-state index is 12.3. The molecule has 3 N–H and O–H groups in total. The molecule has 0 bridgehead atoms. The second-order valence-corrected chi connectivity index (χ2v) is 6.21. The van der Waals surface area contributed by atoms with E-state index in [4.69, 9.17) is 0 Å². The molecule has 0 saturated heterocycles.